The van der Waals surface area contributed by atoms with Crippen LogP contribution in [0.3, 0.4) is 0 Å². The minimum absolute atomic E-state index is 0.00491. The fraction of sp³-hybridized carbons (Fsp3) is 0.500. The quantitative estimate of drug-likeness (QED) is 0.632. The van der Waals surface area contributed by atoms with E-state index in [1.54, 1.807) is 0 Å². The van der Waals surface area contributed by atoms with Crippen LogP contribution in [0.15, 0.2) is 12.3 Å². The number of pyridine rings is 1. The maximum absolute atomic E-state index is 12.1. The first-order valence-corrected chi connectivity index (χ1v) is 6.03. The first kappa shape index (κ1) is 13.3. The van der Waals surface area contributed by atoms with Crippen molar-refractivity contribution in [2.75, 3.05) is 5.73 Å². The average molecular weight is 264 g/mol. The van der Waals surface area contributed by atoms with E-state index in [-0.39, 0.29) is 22.6 Å². The van der Waals surface area contributed by atoms with Gasteiger partial charge in [0.2, 0.25) is 0 Å². The van der Waals surface area contributed by atoms with Gasteiger partial charge in [-0.1, -0.05) is 0 Å². The van der Waals surface area contributed by atoms with Crippen LogP contribution < -0.4 is 11.1 Å². The number of rotatable bonds is 4. The van der Waals surface area contributed by atoms with Crippen LogP contribution in [0.2, 0.25) is 0 Å². The van der Waals surface area contributed by atoms with Crippen molar-refractivity contribution in [3.05, 3.63) is 27.9 Å². The summed E-state index contributed by atoms with van der Waals surface area (Å²) in [4.78, 5) is 25.9. The molecule has 1 heterocycles. The zero-order valence-corrected chi connectivity index (χ0v) is 10.8. The number of hydrogen-bond acceptors (Lipinski definition) is 5. The largest absolute Gasteiger partial charge is 0.383 e. The Morgan fingerprint density at radius 2 is 2.21 bits per heavy atom. The Morgan fingerprint density at radius 3 is 2.74 bits per heavy atom. The lowest BCUT2D eigenvalue weighted by atomic mass is 9.98. The van der Waals surface area contributed by atoms with E-state index in [9.17, 15) is 14.9 Å². The highest BCUT2D eigenvalue weighted by Crippen LogP contribution is 2.39. The van der Waals surface area contributed by atoms with E-state index < -0.39 is 10.8 Å². The van der Waals surface area contributed by atoms with Crippen LogP contribution in [0, 0.1) is 16.0 Å². The zero-order valence-electron chi connectivity index (χ0n) is 10.8. The van der Waals surface area contributed by atoms with Crippen molar-refractivity contribution in [1.29, 1.82) is 0 Å². The second-order valence-corrected chi connectivity index (χ2v) is 5.33. The first-order chi connectivity index (χ1) is 8.81. The maximum Gasteiger partial charge on any atom is 0.288 e. The molecule has 1 aliphatic carbocycles. The molecule has 0 aromatic carbocycles. The summed E-state index contributed by atoms with van der Waals surface area (Å²) in [6.07, 6.45) is 3.20. The third-order valence-corrected chi connectivity index (χ3v) is 3.39. The third kappa shape index (κ3) is 2.81. The van der Waals surface area contributed by atoms with Gasteiger partial charge in [-0.25, -0.2) is 4.98 Å². The van der Waals surface area contributed by atoms with Gasteiger partial charge in [0.15, 0.2) is 0 Å². The van der Waals surface area contributed by atoms with Crippen LogP contribution >= 0.6 is 0 Å². The van der Waals surface area contributed by atoms with E-state index in [2.05, 4.69) is 10.3 Å². The van der Waals surface area contributed by atoms with Gasteiger partial charge < -0.3 is 11.1 Å². The molecule has 7 nitrogen and oxygen atoms in total. The van der Waals surface area contributed by atoms with Gasteiger partial charge in [-0.2, -0.15) is 0 Å². The van der Waals surface area contributed by atoms with Crippen LogP contribution in [0.5, 0.6) is 0 Å². The highest BCUT2D eigenvalue weighted by atomic mass is 16.6. The van der Waals surface area contributed by atoms with E-state index in [4.69, 9.17) is 5.73 Å². The summed E-state index contributed by atoms with van der Waals surface area (Å²) in [5.74, 6) is 0.0182. The van der Waals surface area contributed by atoms with E-state index in [0.29, 0.717) is 5.92 Å². The molecule has 7 heteroatoms. The summed E-state index contributed by atoms with van der Waals surface area (Å²) in [6, 6.07) is 1.15. The summed E-state index contributed by atoms with van der Waals surface area (Å²) >= 11 is 0. The minimum Gasteiger partial charge on any atom is -0.383 e. The SMILES string of the molecule is CC(C)(NC(=O)c1cc([N+](=O)[O-])cnc1N)C1CC1. The van der Waals surface area contributed by atoms with Gasteiger partial charge >= 0.3 is 0 Å². The number of anilines is 1. The maximum atomic E-state index is 12.1. The Bertz CT molecular complexity index is 538. The molecule has 0 spiro atoms. The number of carbonyl (C=O) groups is 1. The predicted molar refractivity (Wildman–Crippen MR) is 69.6 cm³/mol. The summed E-state index contributed by atoms with van der Waals surface area (Å²) in [7, 11) is 0. The molecule has 1 amide bonds. The molecule has 1 aromatic heterocycles. The molecule has 0 aliphatic heterocycles. The second-order valence-electron chi connectivity index (χ2n) is 5.33. The van der Waals surface area contributed by atoms with Crippen LogP contribution in [0.4, 0.5) is 11.5 Å². The highest BCUT2D eigenvalue weighted by Gasteiger charge is 2.39. The molecule has 1 aliphatic rings. The first-order valence-electron chi connectivity index (χ1n) is 6.03. The monoisotopic (exact) mass is 264 g/mol. The van der Waals surface area contributed by atoms with Gasteiger partial charge in [0.1, 0.15) is 12.0 Å². The number of carbonyl (C=O) groups excluding carboxylic acids is 1. The van der Waals surface area contributed by atoms with Crippen molar-refractivity contribution < 1.29 is 9.72 Å². The normalized spacial score (nSPS) is 15.1. The van der Waals surface area contributed by atoms with Crippen molar-refractivity contribution in [2.45, 2.75) is 32.2 Å². The Kier molecular flexibility index (Phi) is 3.13. The molecule has 0 saturated heterocycles. The molecular weight excluding hydrogens is 248 g/mol. The number of nitrogens with one attached hydrogen (secondary N) is 1. The number of nitro groups is 1. The molecule has 1 fully saturated rings. The number of hydrogen-bond donors (Lipinski definition) is 2. The molecule has 3 N–H and O–H groups in total. The van der Waals surface area contributed by atoms with Gasteiger partial charge in [-0.15, -0.1) is 0 Å². The average Bonchev–Trinajstić information content (AvgIpc) is 3.12. The number of nitrogen functional groups attached to an aromatic ring is 1. The Morgan fingerprint density at radius 1 is 1.58 bits per heavy atom. The molecule has 102 valence electrons. The fourth-order valence-corrected chi connectivity index (χ4v) is 2.01. The van der Waals surface area contributed by atoms with Gasteiger partial charge in [0, 0.05) is 11.6 Å². The minimum atomic E-state index is -0.602. The molecule has 2 rings (SSSR count). The number of nitrogens with two attached hydrogens (primary N) is 1. The van der Waals surface area contributed by atoms with E-state index in [1.807, 2.05) is 13.8 Å². The lowest BCUT2D eigenvalue weighted by Crippen LogP contribution is -2.45. The lowest BCUT2D eigenvalue weighted by Gasteiger charge is -2.26. The topological polar surface area (TPSA) is 111 Å². The lowest BCUT2D eigenvalue weighted by molar-refractivity contribution is -0.385. The number of aromatic nitrogens is 1. The molecule has 1 aromatic rings. The van der Waals surface area contributed by atoms with Crippen LogP contribution in [0.25, 0.3) is 0 Å². The smallest absolute Gasteiger partial charge is 0.288 e. The number of amides is 1. The van der Waals surface area contributed by atoms with E-state index >= 15 is 0 Å². The van der Waals surface area contributed by atoms with Gasteiger partial charge in [-0.3, -0.25) is 14.9 Å². The Labute approximate surface area is 110 Å². The summed E-state index contributed by atoms with van der Waals surface area (Å²) in [5, 5.41) is 13.5. The standard InChI is InChI=1S/C12H16N4O3/c1-12(2,7-3-4-7)15-11(17)9-5-8(16(18)19)6-14-10(9)13/h5-7H,3-4H2,1-2H3,(H2,13,14)(H,15,17). The van der Waals surface area contributed by atoms with Crippen LogP contribution in [-0.4, -0.2) is 21.4 Å². The highest BCUT2D eigenvalue weighted by molar-refractivity contribution is 5.99. The molecule has 0 atom stereocenters. The molecule has 0 radical (unpaired) electrons. The van der Waals surface area contributed by atoms with Crippen LogP contribution in [0.1, 0.15) is 37.0 Å². The van der Waals surface area contributed by atoms with E-state index in [1.165, 1.54) is 0 Å². The van der Waals surface area contributed by atoms with E-state index in [0.717, 1.165) is 25.1 Å². The molecule has 1 saturated carbocycles. The van der Waals surface area contributed by atoms with Gasteiger partial charge in [0.25, 0.3) is 11.6 Å². The summed E-state index contributed by atoms with van der Waals surface area (Å²) in [6.45, 7) is 3.87. The summed E-state index contributed by atoms with van der Waals surface area (Å²) < 4.78 is 0. The second kappa shape index (κ2) is 4.49. The van der Waals surface area contributed by atoms with Crippen molar-refractivity contribution >= 4 is 17.4 Å². The summed E-state index contributed by atoms with van der Waals surface area (Å²) in [5.41, 5.74) is 5.07. The van der Waals surface area contributed by atoms with Crippen molar-refractivity contribution in [2.24, 2.45) is 5.92 Å². The zero-order chi connectivity index (χ0) is 14.2. The van der Waals surface area contributed by atoms with Gasteiger partial charge in [0.05, 0.1) is 10.5 Å². The Balaban J connectivity index is 2.23. The molecular formula is C12H16N4O3. The predicted octanol–water partition coefficient (Wildman–Crippen LogP) is 1.49. The van der Waals surface area contributed by atoms with Crippen molar-refractivity contribution in [3.63, 3.8) is 0 Å². The molecule has 0 unspecified atom stereocenters. The molecule has 0 bridgehead atoms. The fourth-order valence-electron chi connectivity index (χ4n) is 2.01. The molecule has 19 heavy (non-hydrogen) atoms. The number of nitrogens with zero attached hydrogens (tertiary/aromatic N) is 2. The Hall–Kier alpha value is -2.18. The van der Waals surface area contributed by atoms with Crippen LogP contribution in [-0.2, 0) is 0 Å². The third-order valence-electron chi connectivity index (χ3n) is 3.39. The van der Waals surface area contributed by atoms with Gasteiger partial charge in [-0.05, 0) is 32.6 Å². The van der Waals surface area contributed by atoms with Crippen molar-refractivity contribution in [3.8, 4) is 0 Å². The van der Waals surface area contributed by atoms with Crippen molar-refractivity contribution in [1.82, 2.24) is 10.3 Å².